The van der Waals surface area contributed by atoms with Gasteiger partial charge in [0.1, 0.15) is 17.1 Å². The van der Waals surface area contributed by atoms with Gasteiger partial charge < -0.3 is 24.5 Å². The van der Waals surface area contributed by atoms with Crippen molar-refractivity contribution in [2.24, 2.45) is 0 Å². The number of methoxy groups -OCH3 is 2. The number of nitrogens with one attached hydrogen (secondary N) is 2. The molecule has 1 aromatic heterocycles. The highest BCUT2D eigenvalue weighted by Crippen LogP contribution is 2.40. The topological polar surface area (TPSA) is 89.8 Å². The zero-order valence-corrected chi connectivity index (χ0v) is 20.0. The van der Waals surface area contributed by atoms with Crippen LogP contribution >= 0.6 is 0 Å². The van der Waals surface area contributed by atoms with E-state index in [1.54, 1.807) is 44.7 Å². The summed E-state index contributed by atoms with van der Waals surface area (Å²) in [6.07, 6.45) is 3.22. The predicted octanol–water partition coefficient (Wildman–Crippen LogP) is 6.12. The average Bonchev–Trinajstić information content (AvgIpc) is 3.26. The number of ether oxygens (including phenoxy) is 2. The maximum absolute atomic E-state index is 12.7. The number of hydrogen-bond donors (Lipinski definition) is 2. The van der Waals surface area contributed by atoms with Gasteiger partial charge in [-0.25, -0.2) is 0 Å². The molecule has 178 valence electrons. The van der Waals surface area contributed by atoms with Crippen molar-refractivity contribution in [3.8, 4) is 22.6 Å². The van der Waals surface area contributed by atoms with E-state index in [4.69, 9.17) is 13.9 Å². The Morgan fingerprint density at radius 1 is 0.829 bits per heavy atom. The summed E-state index contributed by atoms with van der Waals surface area (Å²) in [5.74, 6) is 0.898. The molecule has 3 aromatic carbocycles. The molecule has 7 nitrogen and oxygen atoms in total. The minimum Gasteiger partial charge on any atom is -0.496 e. The van der Waals surface area contributed by atoms with Crippen molar-refractivity contribution in [1.29, 1.82) is 0 Å². The second-order valence-electron chi connectivity index (χ2n) is 7.97. The first kappa shape index (κ1) is 23.6. The largest absolute Gasteiger partial charge is 0.496 e. The van der Waals surface area contributed by atoms with Crippen LogP contribution in [0.25, 0.3) is 27.7 Å². The van der Waals surface area contributed by atoms with E-state index in [-0.39, 0.29) is 11.8 Å². The van der Waals surface area contributed by atoms with Gasteiger partial charge in [-0.2, -0.15) is 0 Å². The normalized spacial score (nSPS) is 11.3. The van der Waals surface area contributed by atoms with Gasteiger partial charge in [0.25, 0.3) is 0 Å². The van der Waals surface area contributed by atoms with Crippen LogP contribution in [0.3, 0.4) is 0 Å². The maximum Gasteiger partial charge on any atom is 0.248 e. The van der Waals surface area contributed by atoms with Gasteiger partial charge in [0, 0.05) is 52.5 Å². The van der Waals surface area contributed by atoms with E-state index in [9.17, 15) is 9.59 Å². The van der Waals surface area contributed by atoms with Gasteiger partial charge in [-0.3, -0.25) is 9.59 Å². The predicted molar refractivity (Wildman–Crippen MR) is 138 cm³/mol. The number of fused-ring (bicyclic) bond motifs is 1. The summed E-state index contributed by atoms with van der Waals surface area (Å²) in [7, 11) is 3.22. The molecule has 2 N–H and O–H groups in total. The lowest BCUT2D eigenvalue weighted by molar-refractivity contribution is -0.114. The highest BCUT2D eigenvalue weighted by molar-refractivity contribution is 6.05. The minimum absolute atomic E-state index is 0.155. The Bertz CT molecular complexity index is 1420. The molecular formula is C28H26N2O5. The lowest BCUT2D eigenvalue weighted by Gasteiger charge is -2.11. The molecule has 0 bridgehead atoms. The van der Waals surface area contributed by atoms with Crippen molar-refractivity contribution in [2.45, 2.75) is 13.8 Å². The highest BCUT2D eigenvalue weighted by atomic mass is 16.5. The Hall–Kier alpha value is -4.52. The molecule has 7 heteroatoms. The molecule has 0 fully saturated rings. The van der Waals surface area contributed by atoms with Gasteiger partial charge in [0.2, 0.25) is 11.8 Å². The SMILES string of the molecule is COc1cc2occ(-c3ccccc3OC)c2cc1/C(C)=C/C(=O)Nc1ccc(NC(C)=O)cc1. The first-order valence-corrected chi connectivity index (χ1v) is 11.0. The molecule has 4 aromatic rings. The van der Waals surface area contributed by atoms with Crippen LogP contribution in [0, 0.1) is 0 Å². The molecule has 0 aliphatic heterocycles. The molecule has 0 aliphatic carbocycles. The van der Waals surface area contributed by atoms with Crippen LogP contribution in [-0.4, -0.2) is 26.0 Å². The second kappa shape index (κ2) is 10.2. The van der Waals surface area contributed by atoms with Gasteiger partial charge in [0.15, 0.2) is 0 Å². The van der Waals surface area contributed by atoms with E-state index in [0.717, 1.165) is 33.4 Å². The molecule has 2 amide bonds. The van der Waals surface area contributed by atoms with Gasteiger partial charge in [-0.15, -0.1) is 0 Å². The van der Waals surface area contributed by atoms with E-state index in [1.165, 1.54) is 13.0 Å². The number of hydrogen-bond acceptors (Lipinski definition) is 5. The maximum atomic E-state index is 12.7. The zero-order valence-electron chi connectivity index (χ0n) is 20.0. The third kappa shape index (κ3) is 5.19. The summed E-state index contributed by atoms with van der Waals surface area (Å²) in [6, 6.07) is 18.4. The van der Waals surface area contributed by atoms with Crippen molar-refractivity contribution in [3.05, 3.63) is 78.6 Å². The lowest BCUT2D eigenvalue weighted by atomic mass is 9.98. The first-order chi connectivity index (χ1) is 16.9. The number of carbonyl (C=O) groups excluding carboxylic acids is 2. The number of allylic oxidation sites excluding steroid dienone is 1. The fourth-order valence-corrected chi connectivity index (χ4v) is 3.90. The Labute approximate surface area is 203 Å². The fraction of sp³-hybridized carbons (Fsp3) is 0.143. The summed E-state index contributed by atoms with van der Waals surface area (Å²) in [6.45, 7) is 3.30. The van der Waals surface area contributed by atoms with Crippen molar-refractivity contribution in [1.82, 2.24) is 0 Å². The van der Waals surface area contributed by atoms with Crippen molar-refractivity contribution >= 4 is 39.7 Å². The van der Waals surface area contributed by atoms with E-state index < -0.39 is 0 Å². The van der Waals surface area contributed by atoms with Crippen molar-refractivity contribution in [2.75, 3.05) is 24.9 Å². The summed E-state index contributed by atoms with van der Waals surface area (Å²) in [5.41, 5.74) is 5.24. The standard InChI is InChI=1S/C28H26N2O5/c1-17(13-28(32)30-20-11-9-19(10-12-20)29-18(2)31)22-14-23-24(16-35-27(23)15-26(22)34-4)21-7-5-6-8-25(21)33-3/h5-16H,1-4H3,(H,29,31)(H,30,32)/b17-13+. The van der Waals surface area contributed by atoms with Crippen LogP contribution in [0.5, 0.6) is 11.5 Å². The molecule has 0 saturated carbocycles. The van der Waals surface area contributed by atoms with E-state index >= 15 is 0 Å². The molecule has 0 unspecified atom stereocenters. The van der Waals surface area contributed by atoms with Crippen LogP contribution in [0.4, 0.5) is 11.4 Å². The van der Waals surface area contributed by atoms with Crippen LogP contribution in [0.1, 0.15) is 19.4 Å². The lowest BCUT2D eigenvalue weighted by Crippen LogP contribution is -2.09. The van der Waals surface area contributed by atoms with Crippen LogP contribution in [-0.2, 0) is 9.59 Å². The number of rotatable bonds is 7. The van der Waals surface area contributed by atoms with Crippen molar-refractivity contribution < 1.29 is 23.5 Å². The Morgan fingerprint density at radius 3 is 2.14 bits per heavy atom. The quantitative estimate of drug-likeness (QED) is 0.318. The molecule has 0 spiro atoms. The second-order valence-corrected chi connectivity index (χ2v) is 7.97. The minimum atomic E-state index is -0.283. The number of carbonyl (C=O) groups is 2. The summed E-state index contributed by atoms with van der Waals surface area (Å²) in [4.78, 5) is 23.9. The number of para-hydroxylation sites is 1. The van der Waals surface area contributed by atoms with E-state index in [1.807, 2.05) is 43.3 Å². The molecule has 1 heterocycles. The molecule has 0 aliphatic rings. The zero-order chi connectivity index (χ0) is 24.9. The van der Waals surface area contributed by atoms with Crippen molar-refractivity contribution in [3.63, 3.8) is 0 Å². The molecule has 35 heavy (non-hydrogen) atoms. The number of furan rings is 1. The highest BCUT2D eigenvalue weighted by Gasteiger charge is 2.17. The van der Waals surface area contributed by atoms with E-state index in [2.05, 4.69) is 10.6 Å². The summed E-state index contributed by atoms with van der Waals surface area (Å²) >= 11 is 0. The number of amides is 2. The molecule has 0 atom stereocenters. The van der Waals surface area contributed by atoms with Gasteiger partial charge in [0.05, 0.1) is 20.5 Å². The first-order valence-electron chi connectivity index (χ1n) is 11.0. The van der Waals surface area contributed by atoms with Gasteiger partial charge in [-0.1, -0.05) is 18.2 Å². The number of anilines is 2. The molecular weight excluding hydrogens is 444 g/mol. The Kier molecular flexibility index (Phi) is 6.87. The van der Waals surface area contributed by atoms with Crippen LogP contribution < -0.4 is 20.1 Å². The Balaban J connectivity index is 1.64. The molecule has 0 radical (unpaired) electrons. The molecule has 4 rings (SSSR count). The third-order valence-electron chi connectivity index (χ3n) is 5.54. The third-order valence-corrected chi connectivity index (χ3v) is 5.54. The van der Waals surface area contributed by atoms with Crippen LogP contribution in [0.15, 0.2) is 77.4 Å². The molecule has 0 saturated heterocycles. The number of benzene rings is 3. The van der Waals surface area contributed by atoms with Crippen LogP contribution in [0.2, 0.25) is 0 Å². The fourth-order valence-electron chi connectivity index (χ4n) is 3.90. The van der Waals surface area contributed by atoms with E-state index in [0.29, 0.717) is 22.7 Å². The van der Waals surface area contributed by atoms with Gasteiger partial charge >= 0.3 is 0 Å². The smallest absolute Gasteiger partial charge is 0.248 e. The average molecular weight is 471 g/mol. The summed E-state index contributed by atoms with van der Waals surface area (Å²) in [5, 5.41) is 6.42. The van der Waals surface area contributed by atoms with Gasteiger partial charge in [-0.05, 0) is 48.9 Å². The monoisotopic (exact) mass is 470 g/mol. The summed E-state index contributed by atoms with van der Waals surface area (Å²) < 4.78 is 16.9. The Morgan fingerprint density at radius 2 is 1.49 bits per heavy atom.